The number of rotatable bonds is 3. The standard InChI is InChI=1S/C18H27ClN4O/c1-18(2)9-15(5-6-24-18)23-10-12-7-14(8-13(12)11-23)20-17-4-3-16(19)21-22-17/h3-4,12-15H,5-11H2,1-2H3,(H,20,22)/t12-,13+,14?,15?. The first-order valence-corrected chi connectivity index (χ1v) is 9.50. The Labute approximate surface area is 149 Å². The summed E-state index contributed by atoms with van der Waals surface area (Å²) in [5.74, 6) is 2.47. The molecule has 1 saturated carbocycles. The van der Waals surface area contributed by atoms with Crippen molar-refractivity contribution in [3.05, 3.63) is 17.3 Å². The molecule has 0 spiro atoms. The molecule has 0 amide bonds. The molecule has 1 aliphatic carbocycles. The van der Waals surface area contributed by atoms with Crippen molar-refractivity contribution in [2.75, 3.05) is 25.0 Å². The van der Waals surface area contributed by atoms with Gasteiger partial charge >= 0.3 is 0 Å². The molecule has 0 radical (unpaired) electrons. The molecule has 6 heteroatoms. The molecule has 1 aromatic rings. The Bertz CT molecular complexity index is 565. The minimum atomic E-state index is 0.0396. The lowest BCUT2D eigenvalue weighted by Gasteiger charge is -2.40. The van der Waals surface area contributed by atoms with Gasteiger partial charge in [0.25, 0.3) is 0 Å². The van der Waals surface area contributed by atoms with Crippen molar-refractivity contribution in [3.8, 4) is 0 Å². The number of hydrogen-bond donors (Lipinski definition) is 1. The highest BCUT2D eigenvalue weighted by molar-refractivity contribution is 6.29. The first kappa shape index (κ1) is 16.6. The maximum Gasteiger partial charge on any atom is 0.151 e. The number of aromatic nitrogens is 2. The van der Waals surface area contributed by atoms with Crippen molar-refractivity contribution >= 4 is 17.4 Å². The minimum absolute atomic E-state index is 0.0396. The van der Waals surface area contributed by atoms with Gasteiger partial charge in [0.05, 0.1) is 5.60 Å². The average Bonchev–Trinajstić information content (AvgIpc) is 3.07. The fourth-order valence-electron chi connectivity index (χ4n) is 4.87. The molecule has 4 rings (SSSR count). The van der Waals surface area contributed by atoms with Crippen LogP contribution >= 0.6 is 11.6 Å². The number of halogens is 1. The molecular weight excluding hydrogens is 324 g/mol. The van der Waals surface area contributed by atoms with E-state index in [0.717, 1.165) is 30.7 Å². The van der Waals surface area contributed by atoms with Crippen LogP contribution in [0.25, 0.3) is 0 Å². The van der Waals surface area contributed by atoms with E-state index >= 15 is 0 Å². The third-order valence-corrected chi connectivity index (χ3v) is 6.15. The zero-order valence-electron chi connectivity index (χ0n) is 14.5. The van der Waals surface area contributed by atoms with Crippen LogP contribution in [-0.2, 0) is 4.74 Å². The Morgan fingerprint density at radius 1 is 1.21 bits per heavy atom. The van der Waals surface area contributed by atoms with Gasteiger partial charge in [0, 0.05) is 31.8 Å². The van der Waals surface area contributed by atoms with Crippen LogP contribution in [0, 0.1) is 11.8 Å². The molecule has 5 nitrogen and oxygen atoms in total. The fraction of sp³-hybridized carbons (Fsp3) is 0.778. The number of likely N-dealkylation sites (tertiary alicyclic amines) is 1. The van der Waals surface area contributed by atoms with Gasteiger partial charge in [-0.05, 0) is 63.5 Å². The molecular formula is C18H27ClN4O. The molecule has 2 saturated heterocycles. The van der Waals surface area contributed by atoms with Crippen molar-refractivity contribution in [3.63, 3.8) is 0 Å². The molecule has 4 atom stereocenters. The minimum Gasteiger partial charge on any atom is -0.375 e. The van der Waals surface area contributed by atoms with Crippen LogP contribution in [0.4, 0.5) is 5.82 Å². The van der Waals surface area contributed by atoms with Crippen molar-refractivity contribution in [2.24, 2.45) is 11.8 Å². The Morgan fingerprint density at radius 3 is 2.58 bits per heavy atom. The van der Waals surface area contributed by atoms with Crippen LogP contribution < -0.4 is 5.32 Å². The van der Waals surface area contributed by atoms with E-state index in [9.17, 15) is 0 Å². The Morgan fingerprint density at radius 2 is 1.96 bits per heavy atom. The van der Waals surface area contributed by atoms with Crippen LogP contribution in [0.2, 0.25) is 5.15 Å². The molecule has 2 unspecified atom stereocenters. The van der Waals surface area contributed by atoms with E-state index in [1.807, 2.05) is 6.07 Å². The summed E-state index contributed by atoms with van der Waals surface area (Å²) in [4.78, 5) is 2.73. The summed E-state index contributed by atoms with van der Waals surface area (Å²) in [6, 6.07) is 4.93. The first-order valence-electron chi connectivity index (χ1n) is 9.12. The van der Waals surface area contributed by atoms with Gasteiger partial charge in [-0.1, -0.05) is 11.6 Å². The SMILES string of the molecule is CC1(C)CC(N2C[C@H]3CC(Nc4ccc(Cl)nn4)C[C@H]3C2)CCO1. The Hall–Kier alpha value is -0.910. The van der Waals surface area contributed by atoms with E-state index in [2.05, 4.69) is 34.3 Å². The highest BCUT2D eigenvalue weighted by Gasteiger charge is 2.44. The van der Waals surface area contributed by atoms with E-state index in [-0.39, 0.29) is 5.60 Å². The van der Waals surface area contributed by atoms with E-state index in [1.165, 1.54) is 32.4 Å². The monoisotopic (exact) mass is 350 g/mol. The molecule has 132 valence electrons. The highest BCUT2D eigenvalue weighted by atomic mass is 35.5. The van der Waals surface area contributed by atoms with E-state index in [0.29, 0.717) is 17.2 Å². The quantitative estimate of drug-likeness (QED) is 0.907. The predicted octanol–water partition coefficient (Wildman–Crippen LogP) is 3.21. The number of nitrogens with zero attached hydrogens (tertiary/aromatic N) is 3. The van der Waals surface area contributed by atoms with Crippen molar-refractivity contribution < 1.29 is 4.74 Å². The molecule has 0 aromatic carbocycles. The normalized spacial score (nSPS) is 35.8. The topological polar surface area (TPSA) is 50.3 Å². The highest BCUT2D eigenvalue weighted by Crippen LogP contribution is 2.41. The fourth-order valence-corrected chi connectivity index (χ4v) is 4.97. The number of anilines is 1. The van der Waals surface area contributed by atoms with Crippen LogP contribution in [0.5, 0.6) is 0 Å². The zero-order valence-corrected chi connectivity index (χ0v) is 15.3. The summed E-state index contributed by atoms with van der Waals surface area (Å²) < 4.78 is 5.88. The maximum atomic E-state index is 5.88. The van der Waals surface area contributed by atoms with Gasteiger partial charge in [-0.25, -0.2) is 0 Å². The lowest BCUT2D eigenvalue weighted by atomic mass is 9.93. The molecule has 2 aliphatic heterocycles. The third kappa shape index (κ3) is 3.53. The zero-order chi connectivity index (χ0) is 16.7. The summed E-state index contributed by atoms with van der Waals surface area (Å²) in [7, 11) is 0. The van der Waals surface area contributed by atoms with Crippen molar-refractivity contribution in [2.45, 2.75) is 57.2 Å². The second-order valence-electron chi connectivity index (χ2n) is 8.28. The van der Waals surface area contributed by atoms with Crippen LogP contribution in [0.1, 0.15) is 39.5 Å². The van der Waals surface area contributed by atoms with E-state index in [1.54, 1.807) is 6.07 Å². The summed E-state index contributed by atoms with van der Waals surface area (Å²) in [6.07, 6.45) is 4.82. The van der Waals surface area contributed by atoms with Gasteiger partial charge in [-0.3, -0.25) is 4.90 Å². The largest absolute Gasteiger partial charge is 0.375 e. The lowest BCUT2D eigenvalue weighted by Crippen LogP contribution is -2.45. The smallest absolute Gasteiger partial charge is 0.151 e. The van der Waals surface area contributed by atoms with Gasteiger partial charge in [-0.2, -0.15) is 0 Å². The lowest BCUT2D eigenvalue weighted by molar-refractivity contribution is -0.0811. The predicted molar refractivity (Wildman–Crippen MR) is 95.3 cm³/mol. The first-order chi connectivity index (χ1) is 11.5. The van der Waals surface area contributed by atoms with Crippen molar-refractivity contribution in [1.29, 1.82) is 0 Å². The Balaban J connectivity index is 1.31. The van der Waals surface area contributed by atoms with Gasteiger partial charge in [0.1, 0.15) is 5.82 Å². The molecule has 24 heavy (non-hydrogen) atoms. The van der Waals surface area contributed by atoms with Crippen LogP contribution in [0.3, 0.4) is 0 Å². The molecule has 3 fully saturated rings. The average molecular weight is 351 g/mol. The van der Waals surface area contributed by atoms with Crippen LogP contribution in [-0.4, -0.2) is 52.5 Å². The van der Waals surface area contributed by atoms with Gasteiger partial charge < -0.3 is 10.1 Å². The summed E-state index contributed by atoms with van der Waals surface area (Å²) >= 11 is 5.80. The number of fused-ring (bicyclic) bond motifs is 1. The second kappa shape index (κ2) is 6.43. The Kier molecular flexibility index (Phi) is 4.43. The van der Waals surface area contributed by atoms with E-state index in [4.69, 9.17) is 16.3 Å². The molecule has 1 N–H and O–H groups in total. The molecule has 1 aromatic heterocycles. The molecule has 3 heterocycles. The third-order valence-electron chi connectivity index (χ3n) is 5.95. The molecule has 3 aliphatic rings. The number of hydrogen-bond acceptors (Lipinski definition) is 5. The number of ether oxygens (including phenoxy) is 1. The number of nitrogens with one attached hydrogen (secondary N) is 1. The molecule has 0 bridgehead atoms. The van der Waals surface area contributed by atoms with Gasteiger partial charge in [0.15, 0.2) is 5.15 Å². The van der Waals surface area contributed by atoms with E-state index < -0.39 is 0 Å². The summed E-state index contributed by atoms with van der Waals surface area (Å²) in [6.45, 7) is 7.85. The van der Waals surface area contributed by atoms with Crippen molar-refractivity contribution in [1.82, 2.24) is 15.1 Å². The summed E-state index contributed by atoms with van der Waals surface area (Å²) in [5.41, 5.74) is 0.0396. The summed E-state index contributed by atoms with van der Waals surface area (Å²) in [5, 5.41) is 12.0. The van der Waals surface area contributed by atoms with Crippen LogP contribution in [0.15, 0.2) is 12.1 Å². The maximum absolute atomic E-state index is 5.88. The van der Waals surface area contributed by atoms with Gasteiger partial charge in [-0.15, -0.1) is 10.2 Å². The second-order valence-corrected chi connectivity index (χ2v) is 8.67. The van der Waals surface area contributed by atoms with Gasteiger partial charge in [0.2, 0.25) is 0 Å².